The molecule has 0 fully saturated rings. The minimum absolute atomic E-state index is 0.400. The summed E-state index contributed by atoms with van der Waals surface area (Å²) >= 11 is 0. The zero-order valence-electron chi connectivity index (χ0n) is 18.4. The smallest absolute Gasteiger partial charge is 0.0798 e. The Bertz CT molecular complexity index is 1160. The van der Waals surface area contributed by atoms with Crippen LogP contribution < -0.4 is 10.2 Å². The first-order valence-electron chi connectivity index (χ1n) is 12.3. The van der Waals surface area contributed by atoms with Gasteiger partial charge in [-0.1, -0.05) is 90.6 Å². The summed E-state index contributed by atoms with van der Waals surface area (Å²) in [6.07, 6.45) is 30.5. The topological polar surface area (TPSA) is 15.3 Å². The van der Waals surface area contributed by atoms with Gasteiger partial charge in [0.15, 0.2) is 0 Å². The predicted molar refractivity (Wildman–Crippen MR) is 132 cm³/mol. The van der Waals surface area contributed by atoms with E-state index in [2.05, 4.69) is 101 Å². The highest BCUT2D eigenvalue weighted by atomic mass is 15.3. The molecule has 0 bridgehead atoms. The van der Waals surface area contributed by atoms with Crippen LogP contribution in [-0.4, -0.2) is 18.1 Å². The summed E-state index contributed by atoms with van der Waals surface area (Å²) < 4.78 is 0. The summed E-state index contributed by atoms with van der Waals surface area (Å²) in [4.78, 5) is 2.79. The van der Waals surface area contributed by atoms with E-state index in [0.717, 1.165) is 6.42 Å². The molecule has 4 unspecified atom stereocenters. The van der Waals surface area contributed by atoms with Crippen LogP contribution >= 0.6 is 0 Å². The Balaban J connectivity index is 1.24. The Hall–Kier alpha value is -3.00. The van der Waals surface area contributed by atoms with E-state index < -0.39 is 0 Å². The van der Waals surface area contributed by atoms with Crippen LogP contribution in [0.1, 0.15) is 37.2 Å². The van der Waals surface area contributed by atoms with Crippen LogP contribution in [0.15, 0.2) is 108 Å². The number of hydrogen-bond donors (Lipinski definition) is 1. The van der Waals surface area contributed by atoms with E-state index in [-0.39, 0.29) is 0 Å². The lowest BCUT2D eigenvalue weighted by Gasteiger charge is -2.41. The van der Waals surface area contributed by atoms with Crippen LogP contribution in [0.4, 0.5) is 5.69 Å². The third-order valence-electron chi connectivity index (χ3n) is 8.39. The van der Waals surface area contributed by atoms with Gasteiger partial charge in [0.1, 0.15) is 0 Å². The number of nitrogens with one attached hydrogen (secondary N) is 1. The van der Waals surface area contributed by atoms with Gasteiger partial charge in [-0.25, -0.2) is 0 Å². The quantitative estimate of drug-likeness (QED) is 0.583. The second kappa shape index (κ2) is 7.27. The summed E-state index contributed by atoms with van der Waals surface area (Å²) in [5.74, 6) is 1.54. The number of rotatable bonds is 2. The van der Waals surface area contributed by atoms with Gasteiger partial charge in [-0.15, -0.1) is 0 Å². The van der Waals surface area contributed by atoms with Gasteiger partial charge in [0.05, 0.1) is 12.1 Å². The van der Waals surface area contributed by atoms with Crippen LogP contribution in [0.2, 0.25) is 0 Å². The third-order valence-corrected chi connectivity index (χ3v) is 8.39. The SMILES string of the molecule is C1=CC[C@@H](C2=CC[C@@H](N3c4ccccc4C4C=CC5=C(NC6C=CC=CC56)C43)CC2)C=C1. The minimum Gasteiger partial charge on any atom is -0.379 e. The molecule has 0 saturated carbocycles. The van der Waals surface area contributed by atoms with Crippen molar-refractivity contribution in [2.45, 2.75) is 49.7 Å². The molecule has 0 saturated heterocycles. The fraction of sp³-hybridized carbons (Fsp3) is 0.333. The molecule has 32 heavy (non-hydrogen) atoms. The second-order valence-electron chi connectivity index (χ2n) is 9.99. The van der Waals surface area contributed by atoms with Crippen molar-refractivity contribution in [1.29, 1.82) is 0 Å². The third kappa shape index (κ3) is 2.71. The Morgan fingerprint density at radius 1 is 0.875 bits per heavy atom. The number of nitrogens with zero attached hydrogens (tertiary/aromatic N) is 1. The molecule has 6 atom stereocenters. The first kappa shape index (κ1) is 18.6. The number of allylic oxidation sites excluding steroid dienone is 8. The largest absolute Gasteiger partial charge is 0.379 e. The molecular weight excluding hydrogens is 388 g/mol. The van der Waals surface area contributed by atoms with Crippen molar-refractivity contribution in [2.24, 2.45) is 11.8 Å². The van der Waals surface area contributed by atoms with Gasteiger partial charge >= 0.3 is 0 Å². The van der Waals surface area contributed by atoms with Crippen molar-refractivity contribution >= 4 is 5.69 Å². The lowest BCUT2D eigenvalue weighted by Crippen LogP contribution is -2.47. The monoisotopic (exact) mass is 418 g/mol. The highest BCUT2D eigenvalue weighted by Crippen LogP contribution is 2.51. The molecule has 1 aromatic rings. The molecular formula is C30H30N2. The predicted octanol–water partition coefficient (Wildman–Crippen LogP) is 6.11. The summed E-state index contributed by atoms with van der Waals surface area (Å²) in [5, 5.41) is 3.95. The van der Waals surface area contributed by atoms with Gasteiger partial charge in [-0.05, 0) is 42.9 Å². The molecule has 0 spiro atoms. The number of hydrogen-bond acceptors (Lipinski definition) is 2. The molecule has 2 nitrogen and oxygen atoms in total. The standard InChI is InChI=1S/C30H30N2/c1-2-8-20(9-3-1)21-14-16-22(17-15-21)32-28-13-7-5-11-24(28)26-19-18-25-23-10-4-6-12-27(23)31-29(25)30(26)32/h1-8,10-14,18-20,22-23,26-27,30-31H,9,15-17H2/t20-,22+,23?,26?,27?,30?/m0/s1. The van der Waals surface area contributed by atoms with Gasteiger partial charge in [-0.2, -0.15) is 0 Å². The minimum atomic E-state index is 0.400. The number of benzene rings is 1. The van der Waals surface area contributed by atoms with Crippen molar-refractivity contribution in [3.8, 4) is 0 Å². The molecule has 2 heterocycles. The normalized spacial score (nSPS) is 35.9. The molecule has 2 heteroatoms. The van der Waals surface area contributed by atoms with Crippen molar-refractivity contribution in [3.63, 3.8) is 0 Å². The lowest BCUT2D eigenvalue weighted by molar-refractivity contribution is 0.470. The fourth-order valence-electron chi connectivity index (χ4n) is 6.88. The zero-order valence-corrected chi connectivity index (χ0v) is 18.4. The average molecular weight is 419 g/mol. The fourth-order valence-corrected chi connectivity index (χ4v) is 6.88. The molecule has 7 rings (SSSR count). The van der Waals surface area contributed by atoms with E-state index in [1.54, 1.807) is 5.57 Å². The van der Waals surface area contributed by atoms with Gasteiger partial charge < -0.3 is 10.2 Å². The summed E-state index contributed by atoms with van der Waals surface area (Å²) in [7, 11) is 0. The van der Waals surface area contributed by atoms with Crippen LogP contribution in [0.5, 0.6) is 0 Å². The number of fused-ring (bicyclic) bond motifs is 6. The highest BCUT2D eigenvalue weighted by molar-refractivity contribution is 5.69. The van der Waals surface area contributed by atoms with Gasteiger partial charge in [-0.3, -0.25) is 0 Å². The highest BCUT2D eigenvalue weighted by Gasteiger charge is 2.48. The first-order chi connectivity index (χ1) is 15.9. The maximum Gasteiger partial charge on any atom is 0.0798 e. The molecule has 2 aliphatic heterocycles. The van der Waals surface area contributed by atoms with E-state index >= 15 is 0 Å². The molecule has 0 amide bonds. The maximum atomic E-state index is 3.95. The first-order valence-corrected chi connectivity index (χ1v) is 12.3. The molecule has 0 aromatic heterocycles. The van der Waals surface area contributed by atoms with Gasteiger partial charge in [0, 0.05) is 35.2 Å². The molecule has 160 valence electrons. The summed E-state index contributed by atoms with van der Waals surface area (Å²) in [6.45, 7) is 0. The zero-order chi connectivity index (χ0) is 21.1. The van der Waals surface area contributed by atoms with Crippen LogP contribution in [-0.2, 0) is 0 Å². The van der Waals surface area contributed by atoms with E-state index in [0.29, 0.717) is 35.9 Å². The van der Waals surface area contributed by atoms with E-state index in [4.69, 9.17) is 0 Å². The second-order valence-corrected chi connectivity index (χ2v) is 9.99. The maximum absolute atomic E-state index is 3.95. The van der Waals surface area contributed by atoms with Crippen molar-refractivity contribution < 1.29 is 0 Å². The van der Waals surface area contributed by atoms with Crippen LogP contribution in [0.3, 0.4) is 0 Å². The Morgan fingerprint density at radius 3 is 2.66 bits per heavy atom. The van der Waals surface area contributed by atoms with Crippen molar-refractivity contribution in [2.75, 3.05) is 4.90 Å². The van der Waals surface area contributed by atoms with Crippen molar-refractivity contribution in [3.05, 3.63) is 114 Å². The molecule has 6 aliphatic rings. The molecule has 4 aliphatic carbocycles. The summed E-state index contributed by atoms with van der Waals surface area (Å²) in [6, 6.07) is 10.5. The van der Waals surface area contributed by atoms with Crippen LogP contribution in [0.25, 0.3) is 0 Å². The summed E-state index contributed by atoms with van der Waals surface area (Å²) in [5.41, 5.74) is 7.56. The molecule has 1 N–H and O–H groups in total. The van der Waals surface area contributed by atoms with Gasteiger partial charge in [0.2, 0.25) is 0 Å². The number of para-hydroxylation sites is 1. The number of anilines is 1. The molecule has 1 aromatic carbocycles. The van der Waals surface area contributed by atoms with E-state index in [1.165, 1.54) is 41.8 Å². The molecule has 0 radical (unpaired) electrons. The van der Waals surface area contributed by atoms with E-state index in [1.807, 2.05) is 0 Å². The van der Waals surface area contributed by atoms with Crippen LogP contribution in [0, 0.1) is 11.8 Å². The van der Waals surface area contributed by atoms with Gasteiger partial charge in [0.25, 0.3) is 0 Å². The average Bonchev–Trinajstić information content (AvgIpc) is 3.41. The van der Waals surface area contributed by atoms with Crippen molar-refractivity contribution in [1.82, 2.24) is 5.32 Å². The lowest BCUT2D eigenvalue weighted by atomic mass is 9.81. The Kier molecular flexibility index (Phi) is 4.21. The van der Waals surface area contributed by atoms with E-state index in [9.17, 15) is 0 Å². The Labute approximate surface area is 191 Å². The Morgan fingerprint density at radius 2 is 1.78 bits per heavy atom.